The zero-order valence-corrected chi connectivity index (χ0v) is 9.24. The summed E-state index contributed by atoms with van der Waals surface area (Å²) in [6.07, 6.45) is 5.26. The van der Waals surface area contributed by atoms with Gasteiger partial charge in [0.2, 0.25) is 0 Å². The summed E-state index contributed by atoms with van der Waals surface area (Å²) in [6.45, 7) is 5.08. The molecule has 0 unspecified atom stereocenters. The van der Waals surface area contributed by atoms with Gasteiger partial charge in [0, 0.05) is 25.3 Å². The van der Waals surface area contributed by atoms with Crippen molar-refractivity contribution in [2.45, 2.75) is 13.3 Å². The number of hydrogen-bond acceptors (Lipinski definition) is 2. The van der Waals surface area contributed by atoms with Crippen molar-refractivity contribution in [2.24, 2.45) is 5.73 Å². The van der Waals surface area contributed by atoms with Gasteiger partial charge in [0.05, 0.1) is 0 Å². The molecule has 2 rings (SSSR count). The van der Waals surface area contributed by atoms with Crippen LogP contribution < -0.4 is 10.6 Å². The van der Waals surface area contributed by atoms with Gasteiger partial charge in [-0.15, -0.1) is 0 Å². The zero-order chi connectivity index (χ0) is 10.7. The fraction of sp³-hybridized carbons (Fsp3) is 0.385. The number of benzene rings is 1. The normalized spacial score (nSPS) is 14.9. The molecular formula is C13H18N2. The number of fused-ring (bicyclic) bond motifs is 1. The standard InChI is InChI=1S/C13H18N2/c1-2-15-9-7-12-10-11(4-3-8-14)5-6-13(12)15/h3-6,10H,2,7-9,14H2,1H3/b4-3+. The Morgan fingerprint density at radius 1 is 1.47 bits per heavy atom. The summed E-state index contributed by atoms with van der Waals surface area (Å²) in [7, 11) is 0. The van der Waals surface area contributed by atoms with Gasteiger partial charge in [0.1, 0.15) is 0 Å². The van der Waals surface area contributed by atoms with E-state index in [1.54, 1.807) is 0 Å². The third-order valence-corrected chi connectivity index (χ3v) is 2.92. The monoisotopic (exact) mass is 202 g/mol. The second kappa shape index (κ2) is 4.49. The minimum atomic E-state index is 0.609. The third kappa shape index (κ3) is 2.05. The maximum Gasteiger partial charge on any atom is 0.0399 e. The van der Waals surface area contributed by atoms with Crippen molar-refractivity contribution in [3.63, 3.8) is 0 Å². The topological polar surface area (TPSA) is 29.3 Å². The van der Waals surface area contributed by atoms with Crippen LogP contribution in [0.4, 0.5) is 5.69 Å². The van der Waals surface area contributed by atoms with E-state index in [1.165, 1.54) is 23.2 Å². The molecule has 0 aromatic heterocycles. The van der Waals surface area contributed by atoms with Crippen LogP contribution in [-0.4, -0.2) is 19.6 Å². The van der Waals surface area contributed by atoms with Crippen molar-refractivity contribution in [2.75, 3.05) is 24.5 Å². The van der Waals surface area contributed by atoms with Crippen molar-refractivity contribution in [3.05, 3.63) is 35.4 Å². The minimum absolute atomic E-state index is 0.609. The molecule has 1 aromatic carbocycles. The molecule has 15 heavy (non-hydrogen) atoms. The fourth-order valence-corrected chi connectivity index (χ4v) is 2.13. The molecule has 1 heterocycles. The molecule has 1 aromatic rings. The third-order valence-electron chi connectivity index (χ3n) is 2.92. The Morgan fingerprint density at radius 2 is 2.33 bits per heavy atom. The van der Waals surface area contributed by atoms with Crippen molar-refractivity contribution >= 4 is 11.8 Å². The van der Waals surface area contributed by atoms with Crippen molar-refractivity contribution < 1.29 is 0 Å². The summed E-state index contributed by atoms with van der Waals surface area (Å²) in [5.74, 6) is 0. The number of likely N-dealkylation sites (N-methyl/N-ethyl adjacent to an activating group) is 1. The molecule has 0 saturated carbocycles. The van der Waals surface area contributed by atoms with Gasteiger partial charge in [-0.1, -0.05) is 18.2 Å². The maximum atomic E-state index is 5.44. The van der Waals surface area contributed by atoms with E-state index in [-0.39, 0.29) is 0 Å². The van der Waals surface area contributed by atoms with Crippen LogP contribution in [0.25, 0.3) is 6.08 Å². The molecule has 2 N–H and O–H groups in total. The molecule has 0 saturated heterocycles. The summed E-state index contributed by atoms with van der Waals surface area (Å²) >= 11 is 0. The van der Waals surface area contributed by atoms with E-state index >= 15 is 0 Å². The van der Waals surface area contributed by atoms with E-state index in [2.05, 4.69) is 36.1 Å². The van der Waals surface area contributed by atoms with E-state index in [1.807, 2.05) is 6.08 Å². The number of rotatable bonds is 3. The van der Waals surface area contributed by atoms with Gasteiger partial charge in [-0.2, -0.15) is 0 Å². The first-order valence-corrected chi connectivity index (χ1v) is 5.59. The van der Waals surface area contributed by atoms with Gasteiger partial charge >= 0.3 is 0 Å². The summed E-state index contributed by atoms with van der Waals surface area (Å²) in [4.78, 5) is 2.42. The van der Waals surface area contributed by atoms with Crippen LogP contribution in [0, 0.1) is 0 Å². The lowest BCUT2D eigenvalue weighted by Crippen LogP contribution is -2.18. The smallest absolute Gasteiger partial charge is 0.0399 e. The van der Waals surface area contributed by atoms with Crippen molar-refractivity contribution in [1.29, 1.82) is 0 Å². The molecule has 0 spiro atoms. The van der Waals surface area contributed by atoms with Crippen LogP contribution in [0.15, 0.2) is 24.3 Å². The SMILES string of the molecule is CCN1CCc2cc(/C=C/CN)ccc21. The van der Waals surface area contributed by atoms with Crippen LogP contribution in [0.3, 0.4) is 0 Å². The van der Waals surface area contributed by atoms with E-state index in [0.29, 0.717) is 6.54 Å². The molecular weight excluding hydrogens is 184 g/mol. The minimum Gasteiger partial charge on any atom is -0.371 e. The highest BCUT2D eigenvalue weighted by Crippen LogP contribution is 2.28. The summed E-state index contributed by atoms with van der Waals surface area (Å²) in [5, 5.41) is 0. The highest BCUT2D eigenvalue weighted by molar-refractivity contribution is 5.63. The largest absolute Gasteiger partial charge is 0.371 e. The molecule has 0 aliphatic carbocycles. The van der Waals surface area contributed by atoms with Crippen LogP contribution in [-0.2, 0) is 6.42 Å². The Labute approximate surface area is 91.4 Å². The Kier molecular flexibility index (Phi) is 3.07. The van der Waals surface area contributed by atoms with Crippen LogP contribution >= 0.6 is 0 Å². The Balaban J connectivity index is 2.25. The lowest BCUT2D eigenvalue weighted by molar-refractivity contribution is 0.868. The Bertz CT molecular complexity index is 369. The number of nitrogens with two attached hydrogens (primary N) is 1. The average molecular weight is 202 g/mol. The van der Waals surface area contributed by atoms with Crippen molar-refractivity contribution in [3.8, 4) is 0 Å². The predicted octanol–water partition coefficient (Wildman–Crippen LogP) is 2.04. The Morgan fingerprint density at radius 3 is 3.07 bits per heavy atom. The maximum absolute atomic E-state index is 5.44. The van der Waals surface area contributed by atoms with Crippen LogP contribution in [0.1, 0.15) is 18.1 Å². The van der Waals surface area contributed by atoms with E-state index in [4.69, 9.17) is 5.73 Å². The number of hydrogen-bond donors (Lipinski definition) is 1. The molecule has 80 valence electrons. The second-order valence-corrected chi connectivity index (χ2v) is 3.86. The lowest BCUT2D eigenvalue weighted by Gasteiger charge is -2.16. The summed E-state index contributed by atoms with van der Waals surface area (Å²) < 4.78 is 0. The van der Waals surface area contributed by atoms with Gasteiger partial charge in [-0.05, 0) is 36.6 Å². The van der Waals surface area contributed by atoms with Gasteiger partial charge in [-0.3, -0.25) is 0 Å². The molecule has 2 heteroatoms. The lowest BCUT2D eigenvalue weighted by atomic mass is 10.1. The zero-order valence-electron chi connectivity index (χ0n) is 9.24. The van der Waals surface area contributed by atoms with Gasteiger partial charge < -0.3 is 10.6 Å². The molecule has 1 aliphatic heterocycles. The van der Waals surface area contributed by atoms with E-state index in [9.17, 15) is 0 Å². The van der Waals surface area contributed by atoms with E-state index < -0.39 is 0 Å². The molecule has 0 fully saturated rings. The predicted molar refractivity (Wildman–Crippen MR) is 66.1 cm³/mol. The first-order chi connectivity index (χ1) is 7.35. The molecule has 0 amide bonds. The number of nitrogens with zero attached hydrogens (tertiary/aromatic N) is 1. The molecule has 1 aliphatic rings. The highest BCUT2D eigenvalue weighted by Gasteiger charge is 2.16. The second-order valence-electron chi connectivity index (χ2n) is 3.86. The Hall–Kier alpha value is -1.28. The first kappa shape index (κ1) is 10.2. The van der Waals surface area contributed by atoms with Gasteiger partial charge in [-0.25, -0.2) is 0 Å². The molecule has 0 atom stereocenters. The average Bonchev–Trinajstić information content (AvgIpc) is 2.68. The van der Waals surface area contributed by atoms with E-state index in [0.717, 1.165) is 13.1 Å². The fourth-order valence-electron chi connectivity index (χ4n) is 2.13. The molecule has 2 nitrogen and oxygen atoms in total. The first-order valence-electron chi connectivity index (χ1n) is 5.59. The number of anilines is 1. The van der Waals surface area contributed by atoms with Gasteiger partial charge in [0.25, 0.3) is 0 Å². The summed E-state index contributed by atoms with van der Waals surface area (Å²) in [6, 6.07) is 6.66. The highest BCUT2D eigenvalue weighted by atomic mass is 15.1. The molecule has 0 bridgehead atoms. The van der Waals surface area contributed by atoms with Crippen LogP contribution in [0.5, 0.6) is 0 Å². The van der Waals surface area contributed by atoms with Crippen LogP contribution in [0.2, 0.25) is 0 Å². The van der Waals surface area contributed by atoms with Crippen molar-refractivity contribution in [1.82, 2.24) is 0 Å². The molecule has 0 radical (unpaired) electrons. The van der Waals surface area contributed by atoms with Gasteiger partial charge in [0.15, 0.2) is 0 Å². The summed E-state index contributed by atoms with van der Waals surface area (Å²) in [5.41, 5.74) is 9.57. The quantitative estimate of drug-likeness (QED) is 0.812.